The van der Waals surface area contributed by atoms with Crippen LogP contribution in [0.2, 0.25) is 0 Å². The Balaban J connectivity index is 1.49. The van der Waals surface area contributed by atoms with Gasteiger partial charge >= 0.3 is 0 Å². The lowest BCUT2D eigenvalue weighted by Crippen LogP contribution is -2.27. The van der Waals surface area contributed by atoms with Gasteiger partial charge in [0.05, 0.1) is 24.1 Å². The zero-order valence-corrected chi connectivity index (χ0v) is 17.4. The van der Waals surface area contributed by atoms with Crippen LogP contribution < -0.4 is 0 Å². The number of aryl methyl sites for hydroxylation is 1. The molecular formula is C23H24N6O. The van der Waals surface area contributed by atoms with Crippen LogP contribution in [0, 0.1) is 13.8 Å². The molecule has 4 aromatic rings. The van der Waals surface area contributed by atoms with Gasteiger partial charge in [0.2, 0.25) is 0 Å². The Kier molecular flexibility index (Phi) is 5.43. The van der Waals surface area contributed by atoms with Crippen LogP contribution in [-0.2, 0) is 13.1 Å². The van der Waals surface area contributed by atoms with Crippen molar-refractivity contribution in [3.05, 3.63) is 95.1 Å². The van der Waals surface area contributed by atoms with E-state index in [1.54, 1.807) is 22.8 Å². The normalized spacial score (nSPS) is 10.9. The van der Waals surface area contributed by atoms with E-state index in [-0.39, 0.29) is 5.91 Å². The average molecular weight is 400 g/mol. The first-order valence-corrected chi connectivity index (χ1v) is 9.83. The van der Waals surface area contributed by atoms with E-state index in [9.17, 15) is 4.79 Å². The summed E-state index contributed by atoms with van der Waals surface area (Å²) in [4.78, 5) is 14.6. The van der Waals surface area contributed by atoms with Gasteiger partial charge in [-0.15, -0.1) is 5.10 Å². The second-order valence-electron chi connectivity index (χ2n) is 7.34. The lowest BCUT2D eigenvalue weighted by Gasteiger charge is -2.16. The molecule has 0 saturated heterocycles. The number of rotatable bonds is 6. The minimum atomic E-state index is -0.166. The first kappa shape index (κ1) is 19.6. The molecule has 2 aromatic carbocycles. The second kappa shape index (κ2) is 8.32. The van der Waals surface area contributed by atoms with Crippen molar-refractivity contribution in [3.8, 4) is 5.69 Å². The van der Waals surface area contributed by atoms with E-state index in [0.717, 1.165) is 28.2 Å². The van der Waals surface area contributed by atoms with E-state index in [1.165, 1.54) is 0 Å². The summed E-state index contributed by atoms with van der Waals surface area (Å²) in [6.07, 6.45) is 1.69. The molecule has 152 valence electrons. The fourth-order valence-electron chi connectivity index (χ4n) is 3.47. The van der Waals surface area contributed by atoms with E-state index in [2.05, 4.69) is 15.4 Å². The maximum atomic E-state index is 12.9. The summed E-state index contributed by atoms with van der Waals surface area (Å²) < 4.78 is 3.60. The third-order valence-electron chi connectivity index (χ3n) is 5.13. The van der Waals surface area contributed by atoms with Gasteiger partial charge in [-0.1, -0.05) is 53.7 Å². The van der Waals surface area contributed by atoms with Crippen LogP contribution in [0.5, 0.6) is 0 Å². The first-order valence-electron chi connectivity index (χ1n) is 9.83. The molecule has 2 heterocycles. The highest BCUT2D eigenvalue weighted by Gasteiger charge is 2.20. The average Bonchev–Trinajstić information content (AvgIpc) is 3.34. The molecule has 0 saturated carbocycles. The third kappa shape index (κ3) is 4.00. The highest BCUT2D eigenvalue weighted by molar-refractivity contribution is 5.91. The smallest absolute Gasteiger partial charge is 0.276 e. The molecule has 30 heavy (non-hydrogen) atoms. The number of para-hydroxylation sites is 1. The van der Waals surface area contributed by atoms with Gasteiger partial charge in [0.1, 0.15) is 0 Å². The molecular weight excluding hydrogens is 376 g/mol. The third-order valence-corrected chi connectivity index (χ3v) is 5.13. The molecule has 0 aliphatic carbocycles. The van der Waals surface area contributed by atoms with Crippen LogP contribution in [0.3, 0.4) is 0 Å². The molecule has 0 radical (unpaired) electrons. The second-order valence-corrected chi connectivity index (χ2v) is 7.34. The van der Waals surface area contributed by atoms with Crippen LogP contribution in [0.1, 0.15) is 33.0 Å². The van der Waals surface area contributed by atoms with E-state index in [0.29, 0.717) is 18.8 Å². The quantitative estimate of drug-likeness (QED) is 0.497. The SMILES string of the molecule is Cc1nn(-c2ccccc2)c(C)c1CN(C)C(=O)c1cn(Cc2ccccc2)nn1. The largest absolute Gasteiger partial charge is 0.336 e. The molecule has 0 aliphatic heterocycles. The summed E-state index contributed by atoms with van der Waals surface area (Å²) in [7, 11) is 1.78. The van der Waals surface area contributed by atoms with Crippen LogP contribution >= 0.6 is 0 Å². The topological polar surface area (TPSA) is 68.8 Å². The molecule has 0 spiro atoms. The summed E-state index contributed by atoms with van der Waals surface area (Å²) in [5.41, 5.74) is 5.40. The molecule has 0 aliphatic rings. The maximum Gasteiger partial charge on any atom is 0.276 e. The summed E-state index contributed by atoms with van der Waals surface area (Å²) in [6, 6.07) is 20.0. The van der Waals surface area contributed by atoms with Crippen molar-refractivity contribution >= 4 is 5.91 Å². The Morgan fingerprint density at radius 2 is 1.67 bits per heavy atom. The van der Waals surface area contributed by atoms with Gasteiger partial charge in [0.25, 0.3) is 5.91 Å². The molecule has 0 N–H and O–H groups in total. The van der Waals surface area contributed by atoms with Crippen LogP contribution in [0.15, 0.2) is 66.9 Å². The van der Waals surface area contributed by atoms with Crippen molar-refractivity contribution in [2.45, 2.75) is 26.9 Å². The van der Waals surface area contributed by atoms with Crippen LogP contribution in [0.4, 0.5) is 0 Å². The van der Waals surface area contributed by atoms with Crippen molar-refractivity contribution in [2.24, 2.45) is 0 Å². The molecule has 7 heteroatoms. The number of amides is 1. The van der Waals surface area contributed by atoms with Crippen molar-refractivity contribution in [2.75, 3.05) is 7.05 Å². The lowest BCUT2D eigenvalue weighted by molar-refractivity contribution is 0.0779. The van der Waals surface area contributed by atoms with Crippen LogP contribution in [0.25, 0.3) is 5.69 Å². The molecule has 0 bridgehead atoms. The number of hydrogen-bond donors (Lipinski definition) is 0. The van der Waals surface area contributed by atoms with Crippen molar-refractivity contribution < 1.29 is 4.79 Å². The highest BCUT2D eigenvalue weighted by atomic mass is 16.2. The van der Waals surface area contributed by atoms with Crippen molar-refractivity contribution in [1.82, 2.24) is 29.7 Å². The van der Waals surface area contributed by atoms with Crippen LogP contribution in [-0.4, -0.2) is 42.6 Å². The standard InChI is InChI=1S/C23H24N6O/c1-17-21(18(2)29(25-17)20-12-8-5-9-13-20)15-27(3)23(30)22-16-28(26-24-22)14-19-10-6-4-7-11-19/h4-13,16H,14-15H2,1-3H3. The van der Waals surface area contributed by atoms with E-state index < -0.39 is 0 Å². The van der Waals surface area contributed by atoms with E-state index in [4.69, 9.17) is 0 Å². The molecule has 7 nitrogen and oxygen atoms in total. The summed E-state index contributed by atoms with van der Waals surface area (Å²) in [5, 5.41) is 12.8. The van der Waals surface area contributed by atoms with Gasteiger partial charge in [-0.25, -0.2) is 9.36 Å². The molecule has 0 unspecified atom stereocenters. The Labute approximate surface area is 175 Å². The first-order chi connectivity index (χ1) is 14.5. The minimum absolute atomic E-state index is 0.166. The van der Waals surface area contributed by atoms with E-state index in [1.807, 2.05) is 79.2 Å². The van der Waals surface area contributed by atoms with Gasteiger partial charge in [0, 0.05) is 24.8 Å². The minimum Gasteiger partial charge on any atom is -0.336 e. The Hall–Kier alpha value is -3.74. The fourth-order valence-corrected chi connectivity index (χ4v) is 3.47. The number of hydrogen-bond acceptors (Lipinski definition) is 4. The van der Waals surface area contributed by atoms with Gasteiger partial charge in [-0.2, -0.15) is 5.10 Å². The van der Waals surface area contributed by atoms with Gasteiger partial charge in [0.15, 0.2) is 5.69 Å². The Morgan fingerprint density at radius 1 is 1.00 bits per heavy atom. The highest BCUT2D eigenvalue weighted by Crippen LogP contribution is 2.19. The van der Waals surface area contributed by atoms with Gasteiger partial charge in [-0.05, 0) is 31.5 Å². The predicted molar refractivity (Wildman–Crippen MR) is 114 cm³/mol. The number of benzene rings is 2. The molecule has 0 fully saturated rings. The number of carbonyl (C=O) groups excluding carboxylic acids is 1. The van der Waals surface area contributed by atoms with Crippen molar-refractivity contribution in [1.29, 1.82) is 0 Å². The van der Waals surface area contributed by atoms with E-state index >= 15 is 0 Å². The Morgan fingerprint density at radius 3 is 2.37 bits per heavy atom. The van der Waals surface area contributed by atoms with Gasteiger partial charge < -0.3 is 4.90 Å². The monoisotopic (exact) mass is 400 g/mol. The maximum absolute atomic E-state index is 12.9. The zero-order chi connectivity index (χ0) is 21.1. The van der Waals surface area contributed by atoms with Crippen molar-refractivity contribution in [3.63, 3.8) is 0 Å². The molecule has 2 aromatic heterocycles. The Bertz CT molecular complexity index is 1150. The summed E-state index contributed by atoms with van der Waals surface area (Å²) in [5.74, 6) is -0.166. The number of nitrogens with zero attached hydrogens (tertiary/aromatic N) is 6. The van der Waals surface area contributed by atoms with Gasteiger partial charge in [-0.3, -0.25) is 4.79 Å². The molecule has 4 rings (SSSR count). The zero-order valence-electron chi connectivity index (χ0n) is 17.4. The summed E-state index contributed by atoms with van der Waals surface area (Å²) in [6.45, 7) is 5.02. The number of aromatic nitrogens is 5. The molecule has 0 atom stereocenters. The summed E-state index contributed by atoms with van der Waals surface area (Å²) >= 11 is 0. The lowest BCUT2D eigenvalue weighted by atomic mass is 10.2. The number of carbonyl (C=O) groups is 1. The molecule has 1 amide bonds. The predicted octanol–water partition coefficient (Wildman–Crippen LogP) is 3.40. The fraction of sp³-hybridized carbons (Fsp3) is 0.217.